The Morgan fingerprint density at radius 1 is 1.53 bits per heavy atom. The van der Waals surface area contributed by atoms with Crippen LogP contribution in [0.4, 0.5) is 4.79 Å². The zero-order valence-corrected chi connectivity index (χ0v) is 9.62. The maximum Gasteiger partial charge on any atom is 0.407 e. The van der Waals surface area contributed by atoms with Crippen LogP contribution in [0.15, 0.2) is 0 Å². The highest BCUT2D eigenvalue weighted by molar-refractivity contribution is 5.68. The lowest BCUT2D eigenvalue weighted by Crippen LogP contribution is -2.55. The molecule has 0 unspecified atom stereocenters. The zero-order chi connectivity index (χ0) is 11.7. The predicted octanol–water partition coefficient (Wildman–Crippen LogP) is 2.13. The molecule has 0 spiro atoms. The van der Waals surface area contributed by atoms with Crippen LogP contribution in [0.1, 0.15) is 40.0 Å². The average molecular weight is 213 g/mol. The number of rotatable bonds is 2. The van der Waals surface area contributed by atoms with Gasteiger partial charge in [0.05, 0.1) is 5.54 Å². The highest BCUT2D eigenvalue weighted by atomic mass is 16.4. The van der Waals surface area contributed by atoms with Crippen LogP contribution < -0.4 is 0 Å². The smallest absolute Gasteiger partial charge is 0.407 e. The second-order valence-corrected chi connectivity index (χ2v) is 5.19. The van der Waals surface area contributed by atoms with Gasteiger partial charge in [0.25, 0.3) is 0 Å². The summed E-state index contributed by atoms with van der Waals surface area (Å²) in [6.45, 7) is 6.54. The van der Waals surface area contributed by atoms with Crippen molar-refractivity contribution in [1.29, 1.82) is 0 Å². The monoisotopic (exact) mass is 213 g/mol. The molecule has 0 aromatic rings. The van der Waals surface area contributed by atoms with Gasteiger partial charge >= 0.3 is 6.09 Å². The lowest BCUT2D eigenvalue weighted by atomic mass is 9.70. The van der Waals surface area contributed by atoms with Crippen LogP contribution in [-0.4, -0.2) is 34.5 Å². The van der Waals surface area contributed by atoms with Crippen molar-refractivity contribution in [1.82, 2.24) is 4.90 Å². The molecule has 1 amide bonds. The van der Waals surface area contributed by atoms with Gasteiger partial charge < -0.3 is 14.8 Å². The van der Waals surface area contributed by atoms with Gasteiger partial charge in [0, 0.05) is 13.0 Å². The zero-order valence-electron chi connectivity index (χ0n) is 9.62. The van der Waals surface area contributed by atoms with E-state index in [0.717, 1.165) is 19.1 Å². The van der Waals surface area contributed by atoms with E-state index in [0.29, 0.717) is 13.0 Å². The van der Waals surface area contributed by atoms with Crippen molar-refractivity contribution in [2.24, 2.45) is 5.41 Å². The molecule has 1 rings (SSSR count). The molecule has 4 nitrogen and oxygen atoms in total. The summed E-state index contributed by atoms with van der Waals surface area (Å²) < 4.78 is 0. The van der Waals surface area contributed by atoms with E-state index in [1.165, 1.54) is 4.90 Å². The highest BCUT2D eigenvalue weighted by Gasteiger charge is 2.51. The number of aldehydes is 1. The van der Waals surface area contributed by atoms with Crippen LogP contribution >= 0.6 is 0 Å². The summed E-state index contributed by atoms with van der Waals surface area (Å²) in [5, 5.41) is 9.15. The first-order chi connectivity index (χ1) is 6.85. The Labute approximate surface area is 90.3 Å². The van der Waals surface area contributed by atoms with Crippen molar-refractivity contribution >= 4 is 12.4 Å². The molecule has 0 radical (unpaired) electrons. The first-order valence-corrected chi connectivity index (χ1v) is 5.29. The van der Waals surface area contributed by atoms with Crippen LogP contribution in [0.3, 0.4) is 0 Å². The first kappa shape index (κ1) is 12.0. The Morgan fingerprint density at radius 3 is 2.53 bits per heavy atom. The van der Waals surface area contributed by atoms with Gasteiger partial charge in [-0.25, -0.2) is 4.79 Å². The Morgan fingerprint density at radius 2 is 2.13 bits per heavy atom. The van der Waals surface area contributed by atoms with Gasteiger partial charge in [-0.1, -0.05) is 20.8 Å². The molecular formula is C11H19NO3. The number of carboxylic acid groups (broad SMARTS) is 1. The van der Waals surface area contributed by atoms with E-state index >= 15 is 0 Å². The maximum atomic E-state index is 11.1. The van der Waals surface area contributed by atoms with Gasteiger partial charge in [-0.15, -0.1) is 0 Å². The highest BCUT2D eigenvalue weighted by Crippen LogP contribution is 2.45. The topological polar surface area (TPSA) is 57.6 Å². The van der Waals surface area contributed by atoms with E-state index in [1.807, 2.05) is 20.8 Å². The van der Waals surface area contributed by atoms with Crippen molar-refractivity contribution in [3.63, 3.8) is 0 Å². The van der Waals surface area contributed by atoms with E-state index in [1.54, 1.807) is 0 Å². The van der Waals surface area contributed by atoms with Crippen molar-refractivity contribution in [2.45, 2.75) is 45.6 Å². The number of amides is 1. The fraction of sp³-hybridized carbons (Fsp3) is 0.818. The molecule has 0 aliphatic carbocycles. The lowest BCUT2D eigenvalue weighted by molar-refractivity contribution is -0.111. The molecule has 0 aromatic carbocycles. The van der Waals surface area contributed by atoms with Gasteiger partial charge in [-0.3, -0.25) is 0 Å². The Kier molecular flexibility index (Phi) is 3.07. The normalized spacial score (nSPS) is 26.7. The van der Waals surface area contributed by atoms with Crippen molar-refractivity contribution < 1.29 is 14.7 Å². The minimum atomic E-state index is -0.913. The molecule has 1 heterocycles. The lowest BCUT2D eigenvalue weighted by Gasteiger charge is -2.46. The van der Waals surface area contributed by atoms with Crippen molar-refractivity contribution in [2.75, 3.05) is 6.54 Å². The summed E-state index contributed by atoms with van der Waals surface area (Å²) in [5.41, 5.74) is -0.719. The second kappa shape index (κ2) is 3.83. The molecule has 0 bridgehead atoms. The molecular weight excluding hydrogens is 194 g/mol. The van der Waals surface area contributed by atoms with E-state index < -0.39 is 11.6 Å². The molecule has 86 valence electrons. The average Bonchev–Trinajstić information content (AvgIpc) is 2.48. The summed E-state index contributed by atoms with van der Waals surface area (Å²) in [5.74, 6) is 0. The molecule has 0 saturated carbocycles. The van der Waals surface area contributed by atoms with Gasteiger partial charge in [0.15, 0.2) is 0 Å². The third-order valence-corrected chi connectivity index (χ3v) is 3.54. The molecule has 0 aromatic heterocycles. The summed E-state index contributed by atoms with van der Waals surface area (Å²) in [6, 6.07) is 0. The minimum absolute atomic E-state index is 0.206. The second-order valence-electron chi connectivity index (χ2n) is 5.19. The van der Waals surface area contributed by atoms with Crippen molar-refractivity contribution in [3.05, 3.63) is 0 Å². The van der Waals surface area contributed by atoms with Crippen LogP contribution in [0.25, 0.3) is 0 Å². The van der Waals surface area contributed by atoms with E-state index in [2.05, 4.69) is 0 Å². The number of nitrogens with zero attached hydrogens (tertiary/aromatic N) is 1. The third kappa shape index (κ3) is 1.85. The van der Waals surface area contributed by atoms with Gasteiger partial charge in [0.1, 0.15) is 6.29 Å². The maximum absolute atomic E-state index is 11.1. The summed E-state index contributed by atoms with van der Waals surface area (Å²) in [7, 11) is 0. The van der Waals surface area contributed by atoms with E-state index in [-0.39, 0.29) is 5.41 Å². The Bertz CT molecular complexity index is 269. The number of hydrogen-bond acceptors (Lipinski definition) is 2. The van der Waals surface area contributed by atoms with Crippen LogP contribution in [0, 0.1) is 5.41 Å². The van der Waals surface area contributed by atoms with Gasteiger partial charge in [0.2, 0.25) is 0 Å². The summed E-state index contributed by atoms with van der Waals surface area (Å²) in [4.78, 5) is 23.4. The first-order valence-electron chi connectivity index (χ1n) is 5.29. The van der Waals surface area contributed by atoms with Gasteiger partial charge in [-0.05, 0) is 18.3 Å². The molecule has 4 heteroatoms. The van der Waals surface area contributed by atoms with Crippen molar-refractivity contribution in [3.8, 4) is 0 Å². The van der Waals surface area contributed by atoms with Gasteiger partial charge in [-0.2, -0.15) is 0 Å². The molecule has 1 saturated heterocycles. The number of hydrogen-bond donors (Lipinski definition) is 1. The molecule has 1 aliphatic rings. The number of likely N-dealkylation sites (tertiary alicyclic amines) is 1. The molecule has 1 fully saturated rings. The predicted molar refractivity (Wildman–Crippen MR) is 56.8 cm³/mol. The third-order valence-electron chi connectivity index (χ3n) is 3.54. The number of carbonyl (C=O) groups excluding carboxylic acids is 1. The van der Waals surface area contributed by atoms with E-state index in [9.17, 15) is 9.59 Å². The molecule has 1 atom stereocenters. The molecule has 1 N–H and O–H groups in total. The largest absolute Gasteiger partial charge is 0.465 e. The fourth-order valence-electron chi connectivity index (χ4n) is 2.59. The minimum Gasteiger partial charge on any atom is -0.465 e. The van der Waals surface area contributed by atoms with Crippen LogP contribution in [0.2, 0.25) is 0 Å². The van der Waals surface area contributed by atoms with Crippen LogP contribution in [-0.2, 0) is 4.79 Å². The Balaban J connectivity index is 3.09. The quantitative estimate of drug-likeness (QED) is 0.715. The summed E-state index contributed by atoms with van der Waals surface area (Å²) >= 11 is 0. The Hall–Kier alpha value is -1.06. The molecule has 15 heavy (non-hydrogen) atoms. The fourth-order valence-corrected chi connectivity index (χ4v) is 2.59. The standard InChI is InChI=1S/C11H19NO3/c1-10(2,3)11(6-8-13)5-4-7-12(11)9(14)15/h8H,4-7H2,1-3H3,(H,14,15)/t11-/m1/s1. The summed E-state index contributed by atoms with van der Waals surface area (Å²) in [6.07, 6.45) is 1.85. The number of carbonyl (C=O) groups is 2. The van der Waals surface area contributed by atoms with E-state index in [4.69, 9.17) is 5.11 Å². The van der Waals surface area contributed by atoms with Crippen LogP contribution in [0.5, 0.6) is 0 Å². The molecule has 1 aliphatic heterocycles. The SMILES string of the molecule is CC(C)(C)[C@]1(CC=O)CCCN1C(=O)O.